The van der Waals surface area contributed by atoms with Crippen LogP contribution in [0.2, 0.25) is 0 Å². The van der Waals surface area contributed by atoms with E-state index in [1.807, 2.05) is 0 Å². The molecule has 2 heterocycles. The van der Waals surface area contributed by atoms with Crippen molar-refractivity contribution < 1.29 is 13.5 Å². The first-order valence-corrected chi connectivity index (χ1v) is 8.26. The highest BCUT2D eigenvalue weighted by molar-refractivity contribution is 7.93. The lowest BCUT2D eigenvalue weighted by Crippen LogP contribution is -2.15. The molecule has 0 saturated carbocycles. The highest BCUT2D eigenvalue weighted by atomic mass is 32.2. The van der Waals surface area contributed by atoms with Gasteiger partial charge in [0.1, 0.15) is 10.4 Å². The number of aromatic nitrogens is 4. The lowest BCUT2D eigenvalue weighted by molar-refractivity contribution is 0.276. The summed E-state index contributed by atoms with van der Waals surface area (Å²) < 4.78 is 28.7. The van der Waals surface area contributed by atoms with E-state index in [0.29, 0.717) is 24.4 Å². The maximum absolute atomic E-state index is 12.4. The molecule has 0 amide bonds. The number of anilines is 1. The lowest BCUT2D eigenvalue weighted by Gasteiger charge is -2.06. The predicted molar refractivity (Wildman–Crippen MR) is 74.1 cm³/mol. The topological polar surface area (TPSA) is 110 Å². The summed E-state index contributed by atoms with van der Waals surface area (Å²) >= 11 is 1.10. The molecule has 2 N–H and O–H groups in total. The Balaban J connectivity index is 2.34. The van der Waals surface area contributed by atoms with E-state index < -0.39 is 10.0 Å². The molecule has 0 aliphatic carbocycles. The zero-order chi connectivity index (χ0) is 14.8. The summed E-state index contributed by atoms with van der Waals surface area (Å²) in [5.41, 5.74) is 2.40. The Hall–Kier alpha value is -1.52. The highest BCUT2D eigenvalue weighted by Crippen LogP contribution is 2.23. The van der Waals surface area contributed by atoms with Gasteiger partial charge in [-0.25, -0.2) is 8.42 Å². The average molecular weight is 317 g/mol. The van der Waals surface area contributed by atoms with Crippen molar-refractivity contribution in [3.8, 4) is 0 Å². The van der Waals surface area contributed by atoms with Crippen LogP contribution in [0.3, 0.4) is 0 Å². The van der Waals surface area contributed by atoms with Gasteiger partial charge in [-0.3, -0.25) is 9.40 Å². The summed E-state index contributed by atoms with van der Waals surface area (Å²) in [7, 11) is -3.74. The van der Waals surface area contributed by atoms with Gasteiger partial charge in [-0.2, -0.15) is 5.10 Å². The minimum atomic E-state index is -3.74. The van der Waals surface area contributed by atoms with Gasteiger partial charge in [0, 0.05) is 13.2 Å². The third-order valence-corrected chi connectivity index (χ3v) is 5.02. The third kappa shape index (κ3) is 2.97. The molecule has 2 aromatic rings. The molecular formula is C10H15N5O3S2. The summed E-state index contributed by atoms with van der Waals surface area (Å²) in [6.07, 6.45) is 0.519. The Bertz CT molecular complexity index is 678. The minimum Gasteiger partial charge on any atom is -0.396 e. The van der Waals surface area contributed by atoms with Gasteiger partial charge in [0.05, 0.1) is 11.4 Å². The van der Waals surface area contributed by atoms with Crippen LogP contribution >= 0.6 is 11.3 Å². The van der Waals surface area contributed by atoms with E-state index in [1.54, 1.807) is 18.5 Å². The van der Waals surface area contributed by atoms with Crippen molar-refractivity contribution in [1.29, 1.82) is 0 Å². The molecule has 20 heavy (non-hydrogen) atoms. The number of nitrogens with one attached hydrogen (secondary N) is 1. The van der Waals surface area contributed by atoms with Gasteiger partial charge < -0.3 is 5.11 Å². The summed E-state index contributed by atoms with van der Waals surface area (Å²) in [4.78, 5) is 0.144. The monoisotopic (exact) mass is 317 g/mol. The number of nitrogens with zero attached hydrogens (tertiary/aromatic N) is 4. The summed E-state index contributed by atoms with van der Waals surface area (Å²) in [6.45, 7) is 3.82. The number of aliphatic hydroxyl groups excluding tert-OH is 1. The van der Waals surface area contributed by atoms with E-state index in [1.165, 1.54) is 5.51 Å². The molecule has 2 rings (SSSR count). The van der Waals surface area contributed by atoms with E-state index in [0.717, 1.165) is 11.3 Å². The smallest absolute Gasteiger partial charge is 0.267 e. The molecule has 110 valence electrons. The Morgan fingerprint density at radius 2 is 2.20 bits per heavy atom. The van der Waals surface area contributed by atoms with Gasteiger partial charge in [0.25, 0.3) is 10.0 Å². The Morgan fingerprint density at radius 3 is 2.80 bits per heavy atom. The number of hydrogen-bond donors (Lipinski definition) is 2. The average Bonchev–Trinajstić information content (AvgIpc) is 2.94. The molecule has 0 saturated heterocycles. The van der Waals surface area contributed by atoms with Crippen LogP contribution in [0.15, 0.2) is 10.4 Å². The molecule has 0 aliphatic heterocycles. The molecule has 2 aromatic heterocycles. The van der Waals surface area contributed by atoms with Gasteiger partial charge >= 0.3 is 0 Å². The maximum atomic E-state index is 12.4. The number of sulfonamides is 1. The first-order valence-electron chi connectivity index (χ1n) is 5.89. The predicted octanol–water partition coefficient (Wildman–Crippen LogP) is 0.535. The molecule has 0 bridgehead atoms. The molecule has 8 nitrogen and oxygen atoms in total. The van der Waals surface area contributed by atoms with Crippen LogP contribution in [-0.2, 0) is 16.6 Å². The van der Waals surface area contributed by atoms with Crippen LogP contribution in [-0.4, -0.2) is 40.1 Å². The van der Waals surface area contributed by atoms with Crippen molar-refractivity contribution in [3.05, 3.63) is 16.9 Å². The van der Waals surface area contributed by atoms with Gasteiger partial charge in [0.15, 0.2) is 0 Å². The van der Waals surface area contributed by atoms with Crippen molar-refractivity contribution in [1.82, 2.24) is 20.0 Å². The van der Waals surface area contributed by atoms with Crippen LogP contribution in [0, 0.1) is 13.8 Å². The highest BCUT2D eigenvalue weighted by Gasteiger charge is 2.25. The van der Waals surface area contributed by atoms with Crippen molar-refractivity contribution >= 4 is 26.5 Å². The second-order valence-electron chi connectivity index (χ2n) is 4.15. The third-order valence-electron chi connectivity index (χ3n) is 2.69. The maximum Gasteiger partial charge on any atom is 0.267 e. The van der Waals surface area contributed by atoms with Crippen LogP contribution in [0.5, 0.6) is 0 Å². The molecular weight excluding hydrogens is 302 g/mol. The largest absolute Gasteiger partial charge is 0.396 e. The van der Waals surface area contributed by atoms with Crippen LogP contribution in [0.25, 0.3) is 0 Å². The van der Waals surface area contributed by atoms with Crippen LogP contribution in [0.4, 0.5) is 5.13 Å². The van der Waals surface area contributed by atoms with E-state index in [2.05, 4.69) is 20.0 Å². The van der Waals surface area contributed by atoms with Crippen LogP contribution < -0.4 is 4.72 Å². The van der Waals surface area contributed by atoms with E-state index >= 15 is 0 Å². The molecule has 0 aromatic carbocycles. The zero-order valence-corrected chi connectivity index (χ0v) is 12.7. The molecule has 0 aliphatic rings. The summed E-state index contributed by atoms with van der Waals surface area (Å²) in [5, 5.41) is 20.5. The summed E-state index contributed by atoms with van der Waals surface area (Å²) in [6, 6.07) is 0. The minimum absolute atomic E-state index is 0.0312. The Morgan fingerprint density at radius 1 is 1.45 bits per heavy atom. The normalized spacial score (nSPS) is 11.8. The first kappa shape index (κ1) is 14.9. The fourth-order valence-electron chi connectivity index (χ4n) is 1.89. The van der Waals surface area contributed by atoms with E-state index in [9.17, 15) is 8.42 Å². The molecule has 0 radical (unpaired) electrons. The number of aryl methyl sites for hydroxylation is 2. The first-order chi connectivity index (χ1) is 9.45. The summed E-state index contributed by atoms with van der Waals surface area (Å²) in [5.74, 6) is 0. The van der Waals surface area contributed by atoms with Crippen molar-refractivity contribution in [2.75, 3.05) is 11.3 Å². The quantitative estimate of drug-likeness (QED) is 0.804. The Kier molecular flexibility index (Phi) is 4.35. The Labute approximate surface area is 120 Å². The second-order valence-corrected chi connectivity index (χ2v) is 6.60. The zero-order valence-electron chi connectivity index (χ0n) is 11.1. The molecule has 0 atom stereocenters. The molecule has 0 unspecified atom stereocenters. The van der Waals surface area contributed by atoms with Gasteiger partial charge in [0.2, 0.25) is 5.13 Å². The van der Waals surface area contributed by atoms with Gasteiger partial charge in [-0.05, 0) is 20.3 Å². The molecule has 0 fully saturated rings. The lowest BCUT2D eigenvalue weighted by atomic mass is 10.4. The van der Waals surface area contributed by atoms with Crippen molar-refractivity contribution in [2.45, 2.75) is 31.7 Å². The van der Waals surface area contributed by atoms with Crippen LogP contribution in [0.1, 0.15) is 17.8 Å². The van der Waals surface area contributed by atoms with E-state index in [-0.39, 0.29) is 16.6 Å². The molecule has 10 heteroatoms. The fourth-order valence-corrected chi connectivity index (χ4v) is 4.00. The number of aliphatic hydroxyl groups is 1. The van der Waals surface area contributed by atoms with Crippen molar-refractivity contribution in [2.24, 2.45) is 0 Å². The second kappa shape index (κ2) is 5.85. The molecule has 0 spiro atoms. The fraction of sp³-hybridized carbons (Fsp3) is 0.500. The number of hydrogen-bond acceptors (Lipinski definition) is 7. The van der Waals surface area contributed by atoms with Gasteiger partial charge in [-0.15, -0.1) is 10.2 Å². The van der Waals surface area contributed by atoms with E-state index in [4.69, 9.17) is 5.11 Å². The van der Waals surface area contributed by atoms with Crippen molar-refractivity contribution in [3.63, 3.8) is 0 Å². The number of rotatable bonds is 6. The standard InChI is InChI=1S/C10H15N5O3S2/c1-7-9(8(2)15(13-7)4-3-5-16)20(17,18)14-10-12-11-6-19-10/h6,16H,3-5H2,1-2H3,(H,12,14). The SMILES string of the molecule is Cc1nn(CCCO)c(C)c1S(=O)(=O)Nc1nncs1. The van der Waals surface area contributed by atoms with Gasteiger partial charge in [-0.1, -0.05) is 11.3 Å².